The Hall–Kier alpha value is -2.06. The van der Waals surface area contributed by atoms with Crippen molar-refractivity contribution in [2.45, 2.75) is 19.4 Å². The molecule has 0 saturated carbocycles. The van der Waals surface area contributed by atoms with E-state index in [4.69, 9.17) is 11.0 Å². The standard InChI is InChI=1S/C13H16N4O/c1-13(2,8-15)17-11-5-9(6-14)3-4-10(11)16-7-12(17)18/h3-5,16H,7-8,15H2,1-2H3. The van der Waals surface area contributed by atoms with E-state index < -0.39 is 5.54 Å². The topological polar surface area (TPSA) is 82.2 Å². The highest BCUT2D eigenvalue weighted by molar-refractivity contribution is 6.04. The first-order chi connectivity index (χ1) is 8.49. The van der Waals surface area contributed by atoms with E-state index in [0.717, 1.165) is 11.4 Å². The Balaban J connectivity index is 2.56. The molecule has 2 rings (SSSR count). The molecule has 0 radical (unpaired) electrons. The molecule has 0 fully saturated rings. The Morgan fingerprint density at radius 3 is 2.89 bits per heavy atom. The number of amides is 1. The molecule has 0 bridgehead atoms. The van der Waals surface area contributed by atoms with Crippen molar-refractivity contribution in [1.29, 1.82) is 5.26 Å². The molecule has 1 aliphatic rings. The Bertz CT molecular complexity index is 530. The number of nitrogens with two attached hydrogens (primary N) is 1. The van der Waals surface area contributed by atoms with Gasteiger partial charge in [-0.25, -0.2) is 0 Å². The van der Waals surface area contributed by atoms with Crippen LogP contribution in [0.3, 0.4) is 0 Å². The van der Waals surface area contributed by atoms with Gasteiger partial charge in [-0.2, -0.15) is 5.26 Å². The number of rotatable bonds is 2. The maximum atomic E-state index is 12.1. The lowest BCUT2D eigenvalue weighted by atomic mass is 9.99. The lowest BCUT2D eigenvalue weighted by Gasteiger charge is -2.41. The van der Waals surface area contributed by atoms with Crippen molar-refractivity contribution in [2.24, 2.45) is 5.73 Å². The van der Waals surface area contributed by atoms with Gasteiger partial charge >= 0.3 is 0 Å². The molecule has 1 amide bonds. The molecule has 1 heterocycles. The van der Waals surface area contributed by atoms with Gasteiger partial charge in [0.05, 0.1) is 35.1 Å². The van der Waals surface area contributed by atoms with Crippen LogP contribution in [-0.2, 0) is 4.79 Å². The minimum Gasteiger partial charge on any atom is -0.374 e. The summed E-state index contributed by atoms with van der Waals surface area (Å²) in [6.07, 6.45) is 0. The van der Waals surface area contributed by atoms with Crippen LogP contribution in [0.15, 0.2) is 18.2 Å². The van der Waals surface area contributed by atoms with Crippen molar-refractivity contribution < 1.29 is 4.79 Å². The lowest BCUT2D eigenvalue weighted by molar-refractivity contribution is -0.118. The second-order valence-electron chi connectivity index (χ2n) is 4.94. The molecule has 0 spiro atoms. The number of hydrogen-bond donors (Lipinski definition) is 2. The van der Waals surface area contributed by atoms with Crippen LogP contribution in [0.5, 0.6) is 0 Å². The van der Waals surface area contributed by atoms with Gasteiger partial charge in [0.2, 0.25) is 5.91 Å². The Labute approximate surface area is 106 Å². The van der Waals surface area contributed by atoms with Crippen LogP contribution in [0.4, 0.5) is 11.4 Å². The number of hydrogen-bond acceptors (Lipinski definition) is 4. The summed E-state index contributed by atoms with van der Waals surface area (Å²) in [6.45, 7) is 4.44. The summed E-state index contributed by atoms with van der Waals surface area (Å²) in [5.41, 5.74) is 7.39. The van der Waals surface area contributed by atoms with E-state index >= 15 is 0 Å². The second kappa shape index (κ2) is 4.31. The first-order valence-corrected chi connectivity index (χ1v) is 5.81. The first-order valence-electron chi connectivity index (χ1n) is 5.81. The molecule has 94 valence electrons. The zero-order chi connectivity index (χ0) is 13.3. The largest absolute Gasteiger partial charge is 0.374 e. The number of nitrogens with one attached hydrogen (secondary N) is 1. The summed E-state index contributed by atoms with van der Waals surface area (Å²) in [6, 6.07) is 7.35. The number of carbonyl (C=O) groups is 1. The average Bonchev–Trinajstić information content (AvgIpc) is 2.37. The fraction of sp³-hybridized carbons (Fsp3) is 0.385. The van der Waals surface area contributed by atoms with E-state index in [1.165, 1.54) is 0 Å². The van der Waals surface area contributed by atoms with Crippen molar-refractivity contribution in [3.63, 3.8) is 0 Å². The van der Waals surface area contributed by atoms with E-state index in [-0.39, 0.29) is 12.5 Å². The monoisotopic (exact) mass is 244 g/mol. The number of anilines is 2. The minimum absolute atomic E-state index is 0.0342. The van der Waals surface area contributed by atoms with Crippen molar-refractivity contribution >= 4 is 17.3 Å². The van der Waals surface area contributed by atoms with Crippen LogP contribution in [0, 0.1) is 11.3 Å². The van der Waals surface area contributed by atoms with Crippen molar-refractivity contribution in [3.8, 4) is 6.07 Å². The molecule has 0 saturated heterocycles. The van der Waals surface area contributed by atoms with Gasteiger partial charge in [0, 0.05) is 6.54 Å². The van der Waals surface area contributed by atoms with Crippen LogP contribution < -0.4 is 16.0 Å². The number of carbonyl (C=O) groups excluding carboxylic acids is 1. The fourth-order valence-corrected chi connectivity index (χ4v) is 2.07. The highest BCUT2D eigenvalue weighted by atomic mass is 16.2. The van der Waals surface area contributed by atoms with Crippen LogP contribution in [0.2, 0.25) is 0 Å². The molecule has 0 aromatic heterocycles. The summed E-state index contributed by atoms with van der Waals surface area (Å²) < 4.78 is 0. The van der Waals surface area contributed by atoms with Gasteiger partial charge in [-0.1, -0.05) is 0 Å². The summed E-state index contributed by atoms with van der Waals surface area (Å²) in [7, 11) is 0. The normalized spacial score (nSPS) is 14.8. The Kier molecular flexibility index (Phi) is 2.97. The molecule has 1 aromatic carbocycles. The molecule has 0 unspecified atom stereocenters. The smallest absolute Gasteiger partial charge is 0.246 e. The van der Waals surface area contributed by atoms with Gasteiger partial charge in [-0.3, -0.25) is 4.79 Å². The Morgan fingerprint density at radius 2 is 2.28 bits per heavy atom. The minimum atomic E-state index is -0.470. The highest BCUT2D eigenvalue weighted by Crippen LogP contribution is 2.34. The molecular formula is C13H16N4O. The summed E-state index contributed by atoms with van der Waals surface area (Å²) in [4.78, 5) is 13.8. The maximum absolute atomic E-state index is 12.1. The molecule has 5 nitrogen and oxygen atoms in total. The predicted molar refractivity (Wildman–Crippen MR) is 70.3 cm³/mol. The SMILES string of the molecule is CC(C)(CN)N1C(=O)CNc2ccc(C#N)cc21. The molecule has 1 aromatic rings. The van der Waals surface area contributed by atoms with Gasteiger partial charge < -0.3 is 16.0 Å². The predicted octanol–water partition coefficient (Wildman–Crippen LogP) is 1.05. The van der Waals surface area contributed by atoms with Crippen molar-refractivity contribution in [2.75, 3.05) is 23.3 Å². The molecule has 1 aliphatic heterocycles. The van der Waals surface area contributed by atoms with Gasteiger partial charge in [-0.15, -0.1) is 0 Å². The third kappa shape index (κ3) is 1.91. The van der Waals surface area contributed by atoms with E-state index in [0.29, 0.717) is 12.1 Å². The number of nitriles is 1. The third-order valence-electron chi connectivity index (χ3n) is 3.15. The van der Waals surface area contributed by atoms with Gasteiger partial charge in [0.25, 0.3) is 0 Å². The van der Waals surface area contributed by atoms with Crippen LogP contribution >= 0.6 is 0 Å². The van der Waals surface area contributed by atoms with Crippen LogP contribution in [0.25, 0.3) is 0 Å². The molecule has 0 atom stereocenters. The van der Waals surface area contributed by atoms with Gasteiger partial charge in [0.15, 0.2) is 0 Å². The number of nitrogens with zero attached hydrogens (tertiary/aromatic N) is 2. The second-order valence-corrected chi connectivity index (χ2v) is 4.94. The van der Waals surface area contributed by atoms with Crippen molar-refractivity contribution in [3.05, 3.63) is 23.8 Å². The quantitative estimate of drug-likeness (QED) is 0.814. The average molecular weight is 244 g/mol. The zero-order valence-electron chi connectivity index (χ0n) is 10.5. The van der Waals surface area contributed by atoms with Crippen LogP contribution in [0.1, 0.15) is 19.4 Å². The molecule has 18 heavy (non-hydrogen) atoms. The summed E-state index contributed by atoms with van der Waals surface area (Å²) in [5, 5.41) is 12.0. The van der Waals surface area contributed by atoms with E-state index in [9.17, 15) is 4.79 Å². The van der Waals surface area contributed by atoms with Crippen LogP contribution in [-0.4, -0.2) is 24.5 Å². The Morgan fingerprint density at radius 1 is 1.56 bits per heavy atom. The van der Waals surface area contributed by atoms with Gasteiger partial charge in [0.1, 0.15) is 0 Å². The highest BCUT2D eigenvalue weighted by Gasteiger charge is 2.35. The van der Waals surface area contributed by atoms with Gasteiger partial charge in [-0.05, 0) is 32.0 Å². The lowest BCUT2D eigenvalue weighted by Crippen LogP contribution is -2.56. The number of benzene rings is 1. The molecule has 0 aliphatic carbocycles. The summed E-state index contributed by atoms with van der Waals surface area (Å²) in [5.74, 6) is -0.0342. The third-order valence-corrected chi connectivity index (χ3v) is 3.15. The molecule has 3 N–H and O–H groups in total. The number of fused-ring (bicyclic) bond motifs is 1. The molecular weight excluding hydrogens is 228 g/mol. The fourth-order valence-electron chi connectivity index (χ4n) is 2.07. The maximum Gasteiger partial charge on any atom is 0.246 e. The van der Waals surface area contributed by atoms with E-state index in [1.54, 1.807) is 17.0 Å². The van der Waals surface area contributed by atoms with Crippen molar-refractivity contribution in [1.82, 2.24) is 0 Å². The first kappa shape index (κ1) is 12.4. The zero-order valence-corrected chi connectivity index (χ0v) is 10.5. The van der Waals surface area contributed by atoms with E-state index in [1.807, 2.05) is 19.9 Å². The van der Waals surface area contributed by atoms with E-state index in [2.05, 4.69) is 11.4 Å². The molecule has 5 heteroatoms. The summed E-state index contributed by atoms with van der Waals surface area (Å²) >= 11 is 0.